The molecule has 2 rings (SSSR count). The van der Waals surface area contributed by atoms with E-state index < -0.39 is 7.12 Å². The number of hydrogen-bond acceptors (Lipinski definition) is 4. The Morgan fingerprint density at radius 1 is 1.29 bits per heavy atom. The third kappa shape index (κ3) is 3.34. The van der Waals surface area contributed by atoms with Crippen molar-refractivity contribution in [3.8, 4) is 5.75 Å². The van der Waals surface area contributed by atoms with E-state index in [-0.39, 0.29) is 0 Å². The predicted octanol–water partition coefficient (Wildman–Crippen LogP) is -0.358. The Morgan fingerprint density at radius 3 is 2.88 bits per heavy atom. The highest BCUT2D eigenvalue weighted by Crippen LogP contribution is 2.07. The summed E-state index contributed by atoms with van der Waals surface area (Å²) in [6, 6.07) is 8.58. The zero-order valence-electron chi connectivity index (χ0n) is 9.23. The molecule has 17 heavy (non-hydrogen) atoms. The molecule has 0 aliphatic carbocycles. The van der Waals surface area contributed by atoms with Crippen LogP contribution in [0.3, 0.4) is 0 Å². The van der Waals surface area contributed by atoms with Gasteiger partial charge in [0, 0.05) is 12.4 Å². The van der Waals surface area contributed by atoms with Crippen molar-refractivity contribution in [2.24, 2.45) is 0 Å². The molecule has 88 valence electrons. The molecule has 2 aromatic rings. The van der Waals surface area contributed by atoms with Gasteiger partial charge < -0.3 is 14.8 Å². The smallest absolute Gasteiger partial charge is 0.488 e. The highest BCUT2D eigenvalue weighted by molar-refractivity contribution is 6.58. The lowest BCUT2D eigenvalue weighted by Crippen LogP contribution is -2.29. The van der Waals surface area contributed by atoms with Crippen molar-refractivity contribution in [3.63, 3.8) is 0 Å². The Hall–Kier alpha value is -1.79. The van der Waals surface area contributed by atoms with Gasteiger partial charge in [0.15, 0.2) is 0 Å². The van der Waals surface area contributed by atoms with Gasteiger partial charge in [-0.1, -0.05) is 12.1 Å². The zero-order chi connectivity index (χ0) is 12.1. The van der Waals surface area contributed by atoms with Crippen molar-refractivity contribution in [1.29, 1.82) is 0 Å². The fraction of sp³-hybridized carbons (Fsp3) is 0.182. The van der Waals surface area contributed by atoms with Crippen LogP contribution in [0.15, 0.2) is 42.7 Å². The number of rotatable bonds is 5. The predicted molar refractivity (Wildman–Crippen MR) is 64.0 cm³/mol. The van der Waals surface area contributed by atoms with Gasteiger partial charge in [-0.2, -0.15) is 5.10 Å². The molecule has 1 aromatic carbocycles. The fourth-order valence-corrected chi connectivity index (χ4v) is 1.45. The summed E-state index contributed by atoms with van der Waals surface area (Å²) in [5.74, 6) is 0.614. The van der Waals surface area contributed by atoms with Crippen molar-refractivity contribution in [3.05, 3.63) is 42.7 Å². The Kier molecular flexibility index (Phi) is 3.79. The van der Waals surface area contributed by atoms with Crippen LogP contribution in [0.1, 0.15) is 0 Å². The van der Waals surface area contributed by atoms with Gasteiger partial charge in [-0.25, -0.2) is 0 Å². The van der Waals surface area contributed by atoms with E-state index in [0.717, 1.165) is 0 Å². The van der Waals surface area contributed by atoms with E-state index >= 15 is 0 Å². The molecule has 0 atom stereocenters. The summed E-state index contributed by atoms with van der Waals surface area (Å²) < 4.78 is 7.26. The van der Waals surface area contributed by atoms with Crippen molar-refractivity contribution in [2.75, 3.05) is 6.61 Å². The molecule has 0 saturated carbocycles. The zero-order valence-corrected chi connectivity index (χ0v) is 9.23. The van der Waals surface area contributed by atoms with Crippen LogP contribution in [0.5, 0.6) is 5.75 Å². The molecule has 0 bridgehead atoms. The topological polar surface area (TPSA) is 67.5 Å². The molecule has 6 heteroatoms. The lowest BCUT2D eigenvalue weighted by Gasteiger charge is -2.07. The average molecular weight is 232 g/mol. The molecular weight excluding hydrogens is 219 g/mol. The third-order valence-electron chi connectivity index (χ3n) is 2.30. The molecule has 0 amide bonds. The molecule has 0 radical (unpaired) electrons. The van der Waals surface area contributed by atoms with Crippen LogP contribution in [0.25, 0.3) is 0 Å². The van der Waals surface area contributed by atoms with Crippen LogP contribution in [0, 0.1) is 0 Å². The van der Waals surface area contributed by atoms with Gasteiger partial charge in [0.2, 0.25) is 0 Å². The Morgan fingerprint density at radius 2 is 2.18 bits per heavy atom. The number of benzene rings is 1. The van der Waals surface area contributed by atoms with Gasteiger partial charge in [-0.05, 0) is 23.7 Å². The Bertz CT molecular complexity index is 459. The summed E-state index contributed by atoms with van der Waals surface area (Å²) in [5.41, 5.74) is 0.418. The molecule has 2 N–H and O–H groups in total. The monoisotopic (exact) mass is 232 g/mol. The van der Waals surface area contributed by atoms with Crippen molar-refractivity contribution in [1.82, 2.24) is 9.78 Å². The van der Waals surface area contributed by atoms with Gasteiger partial charge in [0.1, 0.15) is 12.4 Å². The van der Waals surface area contributed by atoms with E-state index in [9.17, 15) is 0 Å². The minimum Gasteiger partial charge on any atom is -0.492 e. The largest absolute Gasteiger partial charge is 0.492 e. The SMILES string of the molecule is OB(O)c1cccc(OCCn2cccn2)c1. The van der Waals surface area contributed by atoms with E-state index in [0.29, 0.717) is 24.4 Å². The molecular formula is C11H13BN2O3. The maximum Gasteiger partial charge on any atom is 0.488 e. The lowest BCUT2D eigenvalue weighted by atomic mass is 9.80. The second-order valence-corrected chi connectivity index (χ2v) is 3.56. The second-order valence-electron chi connectivity index (χ2n) is 3.56. The molecule has 1 heterocycles. The quantitative estimate of drug-likeness (QED) is 0.691. The van der Waals surface area contributed by atoms with Crippen LogP contribution < -0.4 is 10.2 Å². The number of nitrogens with zero attached hydrogens (tertiary/aromatic N) is 2. The first kappa shape index (κ1) is 11.7. The Balaban J connectivity index is 1.88. The van der Waals surface area contributed by atoms with Gasteiger partial charge in [-0.15, -0.1) is 0 Å². The van der Waals surface area contributed by atoms with Gasteiger partial charge in [-0.3, -0.25) is 4.68 Å². The average Bonchev–Trinajstić information content (AvgIpc) is 2.82. The van der Waals surface area contributed by atoms with Crippen LogP contribution in [-0.4, -0.2) is 33.6 Å². The van der Waals surface area contributed by atoms with Crippen LogP contribution in [0.4, 0.5) is 0 Å². The third-order valence-corrected chi connectivity index (χ3v) is 2.30. The second kappa shape index (κ2) is 5.52. The maximum atomic E-state index is 9.01. The van der Waals surface area contributed by atoms with E-state index in [1.54, 1.807) is 35.1 Å². The summed E-state index contributed by atoms with van der Waals surface area (Å²) in [7, 11) is -1.47. The van der Waals surface area contributed by atoms with Crippen molar-refractivity contribution in [2.45, 2.75) is 6.54 Å². The lowest BCUT2D eigenvalue weighted by molar-refractivity contribution is 0.291. The molecule has 0 aliphatic heterocycles. The number of aromatic nitrogens is 2. The maximum absolute atomic E-state index is 9.01. The van der Waals surface area contributed by atoms with E-state index in [4.69, 9.17) is 14.8 Å². The molecule has 0 saturated heterocycles. The summed E-state index contributed by atoms with van der Waals surface area (Å²) in [5, 5.41) is 22.1. The normalized spacial score (nSPS) is 10.2. The fourth-order valence-electron chi connectivity index (χ4n) is 1.45. The molecule has 1 aromatic heterocycles. The summed E-state index contributed by atoms with van der Waals surface area (Å²) in [6.45, 7) is 1.13. The summed E-state index contributed by atoms with van der Waals surface area (Å²) >= 11 is 0. The first-order valence-corrected chi connectivity index (χ1v) is 5.32. The highest BCUT2D eigenvalue weighted by Gasteiger charge is 2.10. The van der Waals surface area contributed by atoms with Gasteiger partial charge >= 0.3 is 7.12 Å². The van der Waals surface area contributed by atoms with Gasteiger partial charge in [0.25, 0.3) is 0 Å². The van der Waals surface area contributed by atoms with E-state index in [1.807, 2.05) is 12.3 Å². The molecule has 0 aliphatic rings. The molecule has 0 spiro atoms. The Labute approximate surface area is 99.4 Å². The summed E-state index contributed by atoms with van der Waals surface area (Å²) in [6.07, 6.45) is 3.57. The van der Waals surface area contributed by atoms with E-state index in [1.165, 1.54) is 0 Å². The number of ether oxygens (including phenoxy) is 1. The standard InChI is InChI=1S/C11H13BN2O3/c15-12(16)10-3-1-4-11(9-10)17-8-7-14-6-2-5-13-14/h1-6,9,15-16H,7-8H2. The van der Waals surface area contributed by atoms with E-state index in [2.05, 4.69) is 5.10 Å². The number of hydrogen-bond donors (Lipinski definition) is 2. The minimum atomic E-state index is -1.47. The minimum absolute atomic E-state index is 0.418. The van der Waals surface area contributed by atoms with Crippen LogP contribution in [-0.2, 0) is 6.54 Å². The summed E-state index contributed by atoms with van der Waals surface area (Å²) in [4.78, 5) is 0. The van der Waals surface area contributed by atoms with Gasteiger partial charge in [0.05, 0.1) is 6.54 Å². The highest BCUT2D eigenvalue weighted by atomic mass is 16.5. The van der Waals surface area contributed by atoms with Crippen molar-refractivity contribution < 1.29 is 14.8 Å². The van der Waals surface area contributed by atoms with Crippen LogP contribution in [0.2, 0.25) is 0 Å². The first-order valence-electron chi connectivity index (χ1n) is 5.32. The first-order chi connectivity index (χ1) is 8.25. The molecule has 0 unspecified atom stereocenters. The van der Waals surface area contributed by atoms with Crippen LogP contribution >= 0.6 is 0 Å². The molecule has 5 nitrogen and oxygen atoms in total. The molecule has 0 fully saturated rings. The van der Waals surface area contributed by atoms with Crippen molar-refractivity contribution >= 4 is 12.6 Å².